The zero-order valence-electron chi connectivity index (χ0n) is 17.9. The van der Waals surface area contributed by atoms with Crippen molar-refractivity contribution in [3.8, 4) is 5.75 Å². The first kappa shape index (κ1) is 22.7. The number of benzene rings is 2. The predicted octanol–water partition coefficient (Wildman–Crippen LogP) is 3.73. The Morgan fingerprint density at radius 2 is 1.76 bits per heavy atom. The van der Waals surface area contributed by atoms with Crippen molar-refractivity contribution >= 4 is 21.6 Å². The SMILES string of the molecule is CC[C@H](Oc1ccc(N(C)S(C)(=O)=O)cc1)C(=O)N[C@@H](C)c1cc(C)ccc1C. The third kappa shape index (κ3) is 5.97. The fourth-order valence-corrected chi connectivity index (χ4v) is 3.53. The van der Waals surface area contributed by atoms with E-state index in [1.807, 2.05) is 27.7 Å². The summed E-state index contributed by atoms with van der Waals surface area (Å²) in [5.41, 5.74) is 3.89. The van der Waals surface area contributed by atoms with E-state index in [2.05, 4.69) is 23.5 Å². The first-order chi connectivity index (χ1) is 13.5. The van der Waals surface area contributed by atoms with Gasteiger partial charge in [0.2, 0.25) is 10.0 Å². The number of aryl methyl sites for hydroxylation is 2. The van der Waals surface area contributed by atoms with Gasteiger partial charge in [-0.05, 0) is 62.6 Å². The second-order valence-corrected chi connectivity index (χ2v) is 9.34. The van der Waals surface area contributed by atoms with Gasteiger partial charge in [-0.2, -0.15) is 0 Å². The normalized spacial score (nSPS) is 13.4. The van der Waals surface area contributed by atoms with E-state index in [4.69, 9.17) is 4.74 Å². The molecule has 0 saturated carbocycles. The summed E-state index contributed by atoms with van der Waals surface area (Å²) in [7, 11) is -1.84. The summed E-state index contributed by atoms with van der Waals surface area (Å²) < 4.78 is 30.3. The minimum Gasteiger partial charge on any atom is -0.481 e. The van der Waals surface area contributed by atoms with Crippen LogP contribution in [0.5, 0.6) is 5.75 Å². The fraction of sp³-hybridized carbons (Fsp3) is 0.409. The molecule has 1 amide bonds. The quantitative estimate of drug-likeness (QED) is 0.709. The minimum atomic E-state index is -3.33. The highest BCUT2D eigenvalue weighted by molar-refractivity contribution is 7.92. The maximum absolute atomic E-state index is 12.7. The Hall–Kier alpha value is -2.54. The number of hydrogen-bond donors (Lipinski definition) is 1. The molecular formula is C22H30N2O4S. The van der Waals surface area contributed by atoms with Crippen LogP contribution < -0.4 is 14.4 Å². The molecule has 0 fully saturated rings. The van der Waals surface area contributed by atoms with Crippen molar-refractivity contribution < 1.29 is 17.9 Å². The smallest absolute Gasteiger partial charge is 0.261 e. The molecule has 0 saturated heterocycles. The molecule has 0 aliphatic carbocycles. The van der Waals surface area contributed by atoms with Crippen LogP contribution in [-0.4, -0.2) is 33.7 Å². The van der Waals surface area contributed by atoms with Gasteiger partial charge in [-0.3, -0.25) is 9.10 Å². The Labute approximate surface area is 173 Å². The highest BCUT2D eigenvalue weighted by atomic mass is 32.2. The van der Waals surface area contributed by atoms with Crippen molar-refractivity contribution in [3.05, 3.63) is 59.2 Å². The van der Waals surface area contributed by atoms with Crippen LogP contribution in [-0.2, 0) is 14.8 Å². The number of ether oxygens (including phenoxy) is 1. The largest absolute Gasteiger partial charge is 0.481 e. The van der Waals surface area contributed by atoms with Gasteiger partial charge in [-0.25, -0.2) is 8.42 Å². The summed E-state index contributed by atoms with van der Waals surface area (Å²) in [4.78, 5) is 12.7. The molecule has 0 spiro atoms. The summed E-state index contributed by atoms with van der Waals surface area (Å²) in [6, 6.07) is 12.7. The van der Waals surface area contributed by atoms with E-state index in [1.54, 1.807) is 24.3 Å². The Kier molecular flexibility index (Phi) is 7.30. The van der Waals surface area contributed by atoms with E-state index in [1.165, 1.54) is 11.4 Å². The van der Waals surface area contributed by atoms with Gasteiger partial charge in [0.25, 0.3) is 5.91 Å². The molecule has 0 heterocycles. The number of anilines is 1. The molecule has 0 aliphatic heterocycles. The minimum absolute atomic E-state index is 0.133. The van der Waals surface area contributed by atoms with E-state index in [0.717, 1.165) is 22.9 Å². The van der Waals surface area contributed by atoms with Crippen molar-refractivity contribution in [2.75, 3.05) is 17.6 Å². The molecule has 7 heteroatoms. The second-order valence-electron chi connectivity index (χ2n) is 7.33. The van der Waals surface area contributed by atoms with Gasteiger partial charge in [-0.15, -0.1) is 0 Å². The summed E-state index contributed by atoms with van der Waals surface area (Å²) in [6.07, 6.45) is 1.02. The number of nitrogens with one attached hydrogen (secondary N) is 1. The van der Waals surface area contributed by atoms with Crippen LogP contribution in [0.4, 0.5) is 5.69 Å². The Balaban J connectivity index is 2.07. The van der Waals surface area contributed by atoms with Crippen molar-refractivity contribution in [1.29, 1.82) is 0 Å². The van der Waals surface area contributed by atoms with Gasteiger partial charge in [0.05, 0.1) is 18.0 Å². The summed E-state index contributed by atoms with van der Waals surface area (Å²) in [5, 5.41) is 3.03. The topological polar surface area (TPSA) is 75.7 Å². The molecule has 0 unspecified atom stereocenters. The van der Waals surface area contributed by atoms with Gasteiger partial charge < -0.3 is 10.1 Å². The lowest BCUT2D eigenvalue weighted by Crippen LogP contribution is -2.39. The highest BCUT2D eigenvalue weighted by Gasteiger charge is 2.21. The van der Waals surface area contributed by atoms with Crippen molar-refractivity contribution in [2.45, 2.75) is 46.3 Å². The molecule has 0 aliphatic rings. The average molecular weight is 419 g/mol. The standard InChI is InChI=1S/C22H30N2O4S/c1-7-21(22(25)23-17(4)20-14-15(2)8-9-16(20)3)28-19-12-10-18(11-13-19)24(5)29(6,26)27/h8-14,17,21H,7H2,1-6H3,(H,23,25)/t17-,21-/m0/s1. The third-order valence-corrected chi connectivity index (χ3v) is 6.11. The third-order valence-electron chi connectivity index (χ3n) is 4.90. The number of amides is 1. The van der Waals surface area contributed by atoms with E-state index in [0.29, 0.717) is 17.9 Å². The summed E-state index contributed by atoms with van der Waals surface area (Å²) in [5.74, 6) is 0.329. The number of carbonyl (C=O) groups excluding carboxylic acids is 1. The molecule has 158 valence electrons. The summed E-state index contributed by atoms with van der Waals surface area (Å²) in [6.45, 7) is 7.90. The molecule has 2 aromatic rings. The van der Waals surface area contributed by atoms with E-state index >= 15 is 0 Å². The van der Waals surface area contributed by atoms with Crippen molar-refractivity contribution in [2.24, 2.45) is 0 Å². The average Bonchev–Trinajstić information content (AvgIpc) is 2.66. The first-order valence-corrected chi connectivity index (χ1v) is 11.5. The summed E-state index contributed by atoms with van der Waals surface area (Å²) >= 11 is 0. The van der Waals surface area contributed by atoms with Gasteiger partial charge in [-0.1, -0.05) is 30.7 Å². The van der Waals surface area contributed by atoms with Crippen LogP contribution in [0.15, 0.2) is 42.5 Å². The van der Waals surface area contributed by atoms with Gasteiger partial charge >= 0.3 is 0 Å². The van der Waals surface area contributed by atoms with Crippen LogP contribution in [0.2, 0.25) is 0 Å². The van der Waals surface area contributed by atoms with Crippen molar-refractivity contribution in [1.82, 2.24) is 5.32 Å². The van der Waals surface area contributed by atoms with Crippen LogP contribution in [0.1, 0.15) is 43.0 Å². The maximum Gasteiger partial charge on any atom is 0.261 e. The maximum atomic E-state index is 12.7. The molecule has 0 aromatic heterocycles. The molecule has 2 aromatic carbocycles. The second kappa shape index (κ2) is 9.31. The number of carbonyl (C=O) groups is 1. The number of hydrogen-bond acceptors (Lipinski definition) is 4. The molecule has 0 radical (unpaired) electrons. The van der Waals surface area contributed by atoms with Crippen molar-refractivity contribution in [3.63, 3.8) is 0 Å². The van der Waals surface area contributed by atoms with Gasteiger partial charge in [0, 0.05) is 7.05 Å². The molecule has 0 bridgehead atoms. The molecule has 29 heavy (non-hydrogen) atoms. The van der Waals surface area contributed by atoms with E-state index < -0.39 is 16.1 Å². The van der Waals surface area contributed by atoms with Crippen LogP contribution >= 0.6 is 0 Å². The lowest BCUT2D eigenvalue weighted by Gasteiger charge is -2.22. The lowest BCUT2D eigenvalue weighted by atomic mass is 10.00. The molecule has 2 rings (SSSR count). The van der Waals surface area contributed by atoms with Crippen LogP contribution in [0.3, 0.4) is 0 Å². The van der Waals surface area contributed by atoms with Gasteiger partial charge in [0.1, 0.15) is 5.75 Å². The number of sulfonamides is 1. The van der Waals surface area contributed by atoms with Gasteiger partial charge in [0.15, 0.2) is 6.10 Å². The molecule has 6 nitrogen and oxygen atoms in total. The molecule has 2 atom stereocenters. The zero-order valence-corrected chi connectivity index (χ0v) is 18.7. The first-order valence-electron chi connectivity index (χ1n) is 9.61. The highest BCUT2D eigenvalue weighted by Crippen LogP contribution is 2.23. The molecular weight excluding hydrogens is 388 g/mol. The molecule has 1 N–H and O–H groups in total. The predicted molar refractivity (Wildman–Crippen MR) is 117 cm³/mol. The Bertz CT molecular complexity index is 955. The monoisotopic (exact) mass is 418 g/mol. The lowest BCUT2D eigenvalue weighted by molar-refractivity contribution is -0.128. The van der Waals surface area contributed by atoms with Crippen LogP contribution in [0, 0.1) is 13.8 Å². The number of rotatable bonds is 8. The van der Waals surface area contributed by atoms with Crippen LogP contribution in [0.25, 0.3) is 0 Å². The Morgan fingerprint density at radius 3 is 2.31 bits per heavy atom. The zero-order chi connectivity index (χ0) is 21.8. The number of nitrogens with zero attached hydrogens (tertiary/aromatic N) is 1. The fourth-order valence-electron chi connectivity index (χ4n) is 3.02. The van der Waals surface area contributed by atoms with E-state index in [9.17, 15) is 13.2 Å². The Morgan fingerprint density at radius 1 is 1.14 bits per heavy atom. The van der Waals surface area contributed by atoms with E-state index in [-0.39, 0.29) is 11.9 Å².